The van der Waals surface area contributed by atoms with Crippen molar-refractivity contribution in [2.75, 3.05) is 27.2 Å². The maximum Gasteiger partial charge on any atom is 0.250 e. The van der Waals surface area contributed by atoms with Crippen molar-refractivity contribution in [3.05, 3.63) is 48.3 Å². The zero-order valence-electron chi connectivity index (χ0n) is 14.2. The van der Waals surface area contributed by atoms with E-state index in [0.29, 0.717) is 6.54 Å². The number of rotatable bonds is 5. The minimum Gasteiger partial charge on any atom is -0.497 e. The lowest BCUT2D eigenvalue weighted by atomic mass is 9.86. The number of hydrogen-bond acceptors (Lipinski definition) is 4. The topological polar surface area (TPSA) is 59.4 Å². The molecule has 0 radical (unpaired) electrons. The Morgan fingerprint density at radius 3 is 2.83 bits per heavy atom. The zero-order chi connectivity index (χ0) is 17.0. The molecule has 24 heavy (non-hydrogen) atoms. The number of likely N-dealkylation sites (N-methyl/N-ethyl adjacent to an activating group) is 1. The molecule has 1 amide bonds. The Kier molecular flexibility index (Phi) is 4.85. The Morgan fingerprint density at radius 2 is 2.17 bits per heavy atom. The average Bonchev–Trinajstić information content (AvgIpc) is 3.17. The van der Waals surface area contributed by atoms with Crippen LogP contribution in [0.3, 0.4) is 0 Å². The molecule has 1 saturated heterocycles. The summed E-state index contributed by atoms with van der Waals surface area (Å²) in [5.41, 5.74) is 0.456. The predicted molar refractivity (Wildman–Crippen MR) is 91.8 cm³/mol. The van der Waals surface area contributed by atoms with Crippen molar-refractivity contribution in [3.63, 3.8) is 0 Å². The second-order valence-corrected chi connectivity index (χ2v) is 6.24. The molecule has 0 saturated carbocycles. The Morgan fingerprint density at radius 1 is 1.38 bits per heavy atom. The van der Waals surface area contributed by atoms with Gasteiger partial charge in [-0.3, -0.25) is 9.48 Å². The summed E-state index contributed by atoms with van der Waals surface area (Å²) in [5.74, 6) is 0.910. The highest BCUT2D eigenvalue weighted by Crippen LogP contribution is 2.29. The normalized spacial score (nSPS) is 16.6. The molecule has 0 spiro atoms. The maximum absolute atomic E-state index is 13.3. The molecule has 0 unspecified atom stereocenters. The van der Waals surface area contributed by atoms with Crippen LogP contribution in [0.25, 0.3) is 0 Å². The summed E-state index contributed by atoms with van der Waals surface area (Å²) in [4.78, 5) is 15.1. The minimum atomic E-state index is -0.595. The molecule has 3 rings (SSSR count). The van der Waals surface area contributed by atoms with Crippen LogP contribution >= 0.6 is 0 Å². The van der Waals surface area contributed by atoms with Crippen molar-refractivity contribution >= 4 is 5.91 Å². The molecular weight excluding hydrogens is 304 g/mol. The molecule has 1 aromatic heterocycles. The van der Waals surface area contributed by atoms with Gasteiger partial charge in [0, 0.05) is 26.0 Å². The van der Waals surface area contributed by atoms with E-state index < -0.39 is 5.54 Å². The van der Waals surface area contributed by atoms with Gasteiger partial charge in [0.15, 0.2) is 0 Å². The first-order chi connectivity index (χ1) is 11.7. The van der Waals surface area contributed by atoms with E-state index in [1.54, 1.807) is 18.2 Å². The Bertz CT molecular complexity index is 678. The third kappa shape index (κ3) is 3.14. The third-order valence-corrected chi connectivity index (χ3v) is 4.67. The highest BCUT2D eigenvalue weighted by molar-refractivity contribution is 5.84. The summed E-state index contributed by atoms with van der Waals surface area (Å²) in [6, 6.07) is 9.70. The summed E-state index contributed by atoms with van der Waals surface area (Å²) in [5, 5.41) is 7.70. The fourth-order valence-corrected chi connectivity index (χ4v) is 3.38. The molecule has 6 nitrogen and oxygen atoms in total. The number of carbonyl (C=O) groups excluding carboxylic acids is 1. The van der Waals surface area contributed by atoms with E-state index in [2.05, 4.69) is 10.4 Å². The number of amides is 1. The van der Waals surface area contributed by atoms with Gasteiger partial charge in [-0.2, -0.15) is 5.10 Å². The highest BCUT2D eigenvalue weighted by atomic mass is 16.5. The number of aromatic nitrogens is 2. The van der Waals surface area contributed by atoms with Gasteiger partial charge in [0.1, 0.15) is 11.3 Å². The smallest absolute Gasteiger partial charge is 0.250 e. The largest absolute Gasteiger partial charge is 0.497 e. The lowest BCUT2D eigenvalue weighted by Crippen LogP contribution is -2.54. The maximum atomic E-state index is 13.3. The van der Waals surface area contributed by atoms with Crippen LogP contribution in [0.1, 0.15) is 18.4 Å². The zero-order valence-corrected chi connectivity index (χ0v) is 14.2. The van der Waals surface area contributed by atoms with E-state index in [-0.39, 0.29) is 5.91 Å². The van der Waals surface area contributed by atoms with Crippen LogP contribution in [0.5, 0.6) is 5.75 Å². The molecule has 1 aliphatic rings. The van der Waals surface area contributed by atoms with Gasteiger partial charge in [-0.05, 0) is 49.7 Å². The lowest BCUT2D eigenvalue weighted by molar-refractivity contribution is -0.142. The molecule has 1 aliphatic heterocycles. The first-order valence-electron chi connectivity index (χ1n) is 8.25. The van der Waals surface area contributed by atoms with E-state index in [0.717, 1.165) is 37.2 Å². The fourth-order valence-electron chi connectivity index (χ4n) is 3.38. The fraction of sp³-hybridized carbons (Fsp3) is 0.444. The van der Waals surface area contributed by atoms with Crippen LogP contribution in [0.4, 0.5) is 0 Å². The van der Waals surface area contributed by atoms with Gasteiger partial charge in [-0.25, -0.2) is 0 Å². The van der Waals surface area contributed by atoms with Crippen LogP contribution in [-0.4, -0.2) is 47.8 Å². The van der Waals surface area contributed by atoms with Crippen molar-refractivity contribution in [3.8, 4) is 5.75 Å². The van der Waals surface area contributed by atoms with Crippen molar-refractivity contribution in [1.29, 1.82) is 0 Å². The molecule has 0 bridgehead atoms. The second-order valence-electron chi connectivity index (χ2n) is 6.24. The lowest BCUT2D eigenvalue weighted by Gasteiger charge is -2.39. The molecule has 1 fully saturated rings. The van der Waals surface area contributed by atoms with Gasteiger partial charge >= 0.3 is 0 Å². The number of nitrogens with zero attached hydrogens (tertiary/aromatic N) is 3. The summed E-state index contributed by atoms with van der Waals surface area (Å²) >= 11 is 0. The van der Waals surface area contributed by atoms with Gasteiger partial charge in [0.05, 0.1) is 7.11 Å². The highest BCUT2D eigenvalue weighted by Gasteiger charge is 2.43. The van der Waals surface area contributed by atoms with Crippen LogP contribution in [0.2, 0.25) is 0 Å². The van der Waals surface area contributed by atoms with E-state index in [4.69, 9.17) is 4.74 Å². The Balaban J connectivity index is 1.82. The van der Waals surface area contributed by atoms with Gasteiger partial charge in [-0.1, -0.05) is 12.1 Å². The van der Waals surface area contributed by atoms with Crippen molar-refractivity contribution in [1.82, 2.24) is 20.0 Å². The quantitative estimate of drug-likeness (QED) is 0.906. The molecular formula is C18H24N4O2. The van der Waals surface area contributed by atoms with Crippen molar-refractivity contribution < 1.29 is 9.53 Å². The summed E-state index contributed by atoms with van der Waals surface area (Å²) < 4.78 is 7.10. The van der Waals surface area contributed by atoms with E-state index >= 15 is 0 Å². The van der Waals surface area contributed by atoms with E-state index in [1.807, 2.05) is 48.3 Å². The van der Waals surface area contributed by atoms with Crippen LogP contribution in [0, 0.1) is 0 Å². The number of hydrogen-bond donors (Lipinski definition) is 1. The van der Waals surface area contributed by atoms with Crippen LogP contribution < -0.4 is 10.1 Å². The monoisotopic (exact) mass is 328 g/mol. The van der Waals surface area contributed by atoms with Crippen molar-refractivity contribution in [2.24, 2.45) is 0 Å². The molecule has 6 heteroatoms. The molecule has 2 heterocycles. The van der Waals surface area contributed by atoms with Gasteiger partial charge in [0.2, 0.25) is 0 Å². The second kappa shape index (κ2) is 7.05. The first-order valence-corrected chi connectivity index (χ1v) is 8.25. The molecule has 2 aromatic rings. The van der Waals surface area contributed by atoms with Gasteiger partial charge in [0.25, 0.3) is 5.91 Å². The number of ether oxygens (including phenoxy) is 1. The minimum absolute atomic E-state index is 0.107. The van der Waals surface area contributed by atoms with Gasteiger partial charge < -0.3 is 15.0 Å². The molecule has 128 valence electrons. The standard InChI is InChI=1S/C18H24N4O2/c1-21(14-15-5-3-6-16(13-15)24-2)17(23)18(7-10-19-11-8-18)22-12-4-9-20-22/h3-6,9,12-13,19H,7-8,10-11,14H2,1-2H3. The number of piperidine rings is 1. The van der Waals surface area contributed by atoms with Crippen LogP contribution in [-0.2, 0) is 16.9 Å². The van der Waals surface area contributed by atoms with Crippen molar-refractivity contribution in [2.45, 2.75) is 24.9 Å². The first kappa shape index (κ1) is 16.5. The summed E-state index contributed by atoms with van der Waals surface area (Å²) in [6.07, 6.45) is 5.12. The summed E-state index contributed by atoms with van der Waals surface area (Å²) in [7, 11) is 3.50. The molecule has 0 aliphatic carbocycles. The summed E-state index contributed by atoms with van der Waals surface area (Å²) in [6.45, 7) is 2.18. The van der Waals surface area contributed by atoms with Gasteiger partial charge in [-0.15, -0.1) is 0 Å². The number of carbonyl (C=O) groups is 1. The predicted octanol–water partition coefficient (Wildman–Crippen LogP) is 1.63. The number of methoxy groups -OCH3 is 1. The number of benzene rings is 1. The average molecular weight is 328 g/mol. The molecule has 1 aromatic carbocycles. The molecule has 1 N–H and O–H groups in total. The van der Waals surface area contributed by atoms with E-state index in [1.165, 1.54) is 0 Å². The molecule has 0 atom stereocenters. The Hall–Kier alpha value is -2.34. The Labute approximate surface area is 142 Å². The third-order valence-electron chi connectivity index (χ3n) is 4.67. The SMILES string of the molecule is COc1cccc(CN(C)C(=O)C2(n3cccn3)CCNCC2)c1. The number of nitrogens with one attached hydrogen (secondary N) is 1. The van der Waals surface area contributed by atoms with Crippen LogP contribution in [0.15, 0.2) is 42.7 Å². The van der Waals surface area contributed by atoms with E-state index in [9.17, 15) is 4.79 Å².